The molecule has 0 aromatic heterocycles. The first-order valence-electron chi connectivity index (χ1n) is 5.19. The predicted molar refractivity (Wildman–Crippen MR) is 78.0 cm³/mol. The SMILES string of the molecule is Nc1ccc(NC(=O)c2cccc(Br)c2Cl)cc1. The van der Waals surface area contributed by atoms with Gasteiger partial charge in [0.25, 0.3) is 5.91 Å². The molecule has 0 spiro atoms. The number of hydrogen-bond donors (Lipinski definition) is 2. The minimum Gasteiger partial charge on any atom is -0.399 e. The van der Waals surface area contributed by atoms with Gasteiger partial charge in [0.1, 0.15) is 0 Å². The second-order valence-corrected chi connectivity index (χ2v) is 4.91. The van der Waals surface area contributed by atoms with Crippen LogP contribution in [0.1, 0.15) is 10.4 Å². The van der Waals surface area contributed by atoms with E-state index in [9.17, 15) is 4.79 Å². The van der Waals surface area contributed by atoms with Crippen LogP contribution < -0.4 is 11.1 Å². The van der Waals surface area contributed by atoms with Crippen molar-refractivity contribution in [3.63, 3.8) is 0 Å². The van der Waals surface area contributed by atoms with Gasteiger partial charge in [-0.2, -0.15) is 0 Å². The number of nitrogens with one attached hydrogen (secondary N) is 1. The second kappa shape index (κ2) is 5.42. The molecule has 0 fully saturated rings. The van der Waals surface area contributed by atoms with E-state index in [2.05, 4.69) is 21.2 Å². The Morgan fingerprint density at radius 1 is 1.17 bits per heavy atom. The monoisotopic (exact) mass is 324 g/mol. The average molecular weight is 326 g/mol. The summed E-state index contributed by atoms with van der Waals surface area (Å²) in [6.45, 7) is 0. The lowest BCUT2D eigenvalue weighted by atomic mass is 10.2. The van der Waals surface area contributed by atoms with E-state index >= 15 is 0 Å². The Morgan fingerprint density at radius 3 is 2.50 bits per heavy atom. The quantitative estimate of drug-likeness (QED) is 0.822. The van der Waals surface area contributed by atoms with E-state index in [1.165, 1.54) is 0 Å². The van der Waals surface area contributed by atoms with Gasteiger partial charge in [-0.15, -0.1) is 0 Å². The summed E-state index contributed by atoms with van der Waals surface area (Å²) >= 11 is 9.33. The fraction of sp³-hybridized carbons (Fsp3) is 0. The van der Waals surface area contributed by atoms with Crippen LogP contribution in [0.15, 0.2) is 46.9 Å². The molecule has 5 heteroatoms. The summed E-state index contributed by atoms with van der Waals surface area (Å²) in [5.74, 6) is -0.258. The Bertz CT molecular complexity index is 584. The summed E-state index contributed by atoms with van der Waals surface area (Å²) in [6.07, 6.45) is 0. The molecule has 2 aromatic carbocycles. The topological polar surface area (TPSA) is 55.1 Å². The molecule has 0 heterocycles. The molecule has 3 nitrogen and oxygen atoms in total. The standard InChI is InChI=1S/C13H10BrClN2O/c14-11-3-1-2-10(12(11)15)13(18)17-9-6-4-8(16)5-7-9/h1-7H,16H2,(H,17,18). The first-order chi connectivity index (χ1) is 8.58. The van der Waals surface area contributed by atoms with Gasteiger partial charge in [-0.3, -0.25) is 4.79 Å². The third-order valence-corrected chi connectivity index (χ3v) is 3.66. The number of nitrogen functional groups attached to an aromatic ring is 1. The number of anilines is 2. The normalized spacial score (nSPS) is 10.1. The first-order valence-corrected chi connectivity index (χ1v) is 6.36. The molecule has 0 unspecified atom stereocenters. The molecule has 18 heavy (non-hydrogen) atoms. The van der Waals surface area contributed by atoms with E-state index in [-0.39, 0.29) is 5.91 Å². The van der Waals surface area contributed by atoms with Crippen molar-refractivity contribution >= 4 is 44.8 Å². The molecule has 0 radical (unpaired) electrons. The number of hydrogen-bond acceptors (Lipinski definition) is 2. The Hall–Kier alpha value is -1.52. The van der Waals surface area contributed by atoms with Crippen molar-refractivity contribution in [2.45, 2.75) is 0 Å². The van der Waals surface area contributed by atoms with Crippen LogP contribution in [0.3, 0.4) is 0 Å². The number of amides is 1. The summed E-state index contributed by atoms with van der Waals surface area (Å²) in [5, 5.41) is 3.15. The highest BCUT2D eigenvalue weighted by Crippen LogP contribution is 2.26. The third kappa shape index (κ3) is 2.83. The highest BCUT2D eigenvalue weighted by atomic mass is 79.9. The fourth-order valence-electron chi connectivity index (χ4n) is 1.44. The predicted octanol–water partition coefficient (Wildman–Crippen LogP) is 3.94. The van der Waals surface area contributed by atoms with Gasteiger partial charge < -0.3 is 11.1 Å². The van der Waals surface area contributed by atoms with Gasteiger partial charge in [0.05, 0.1) is 10.6 Å². The number of carbonyl (C=O) groups excluding carboxylic acids is 1. The minimum atomic E-state index is -0.258. The molecular formula is C13H10BrClN2O. The lowest BCUT2D eigenvalue weighted by Gasteiger charge is -2.07. The maximum Gasteiger partial charge on any atom is 0.257 e. The summed E-state index contributed by atoms with van der Waals surface area (Å²) in [7, 11) is 0. The number of nitrogens with two attached hydrogens (primary N) is 1. The van der Waals surface area contributed by atoms with Gasteiger partial charge in [-0.1, -0.05) is 17.7 Å². The van der Waals surface area contributed by atoms with Crippen molar-refractivity contribution in [3.8, 4) is 0 Å². The maximum atomic E-state index is 12.0. The van der Waals surface area contributed by atoms with Gasteiger partial charge in [-0.25, -0.2) is 0 Å². The molecule has 0 atom stereocenters. The second-order valence-electron chi connectivity index (χ2n) is 3.68. The Balaban J connectivity index is 2.22. The van der Waals surface area contributed by atoms with Crippen LogP contribution in [0.2, 0.25) is 5.02 Å². The Morgan fingerprint density at radius 2 is 1.83 bits per heavy atom. The zero-order chi connectivity index (χ0) is 13.1. The van der Waals surface area contributed by atoms with Crippen LogP contribution in [-0.4, -0.2) is 5.91 Å². The fourth-order valence-corrected chi connectivity index (χ4v) is 2.02. The highest BCUT2D eigenvalue weighted by molar-refractivity contribution is 9.10. The zero-order valence-electron chi connectivity index (χ0n) is 9.28. The van der Waals surface area contributed by atoms with Crippen molar-refractivity contribution in [1.82, 2.24) is 0 Å². The van der Waals surface area contributed by atoms with Crippen LogP contribution in [0.5, 0.6) is 0 Å². The van der Waals surface area contributed by atoms with Crippen LogP contribution >= 0.6 is 27.5 Å². The van der Waals surface area contributed by atoms with Crippen LogP contribution in [0.25, 0.3) is 0 Å². The molecule has 2 aromatic rings. The lowest BCUT2D eigenvalue weighted by Crippen LogP contribution is -2.12. The van der Waals surface area contributed by atoms with Gasteiger partial charge in [0, 0.05) is 15.8 Å². The third-order valence-electron chi connectivity index (χ3n) is 2.36. The molecule has 2 rings (SSSR count). The van der Waals surface area contributed by atoms with Crippen molar-refractivity contribution in [3.05, 3.63) is 57.5 Å². The molecule has 0 saturated carbocycles. The number of halogens is 2. The van der Waals surface area contributed by atoms with Gasteiger partial charge in [0.2, 0.25) is 0 Å². The van der Waals surface area contributed by atoms with Crippen molar-refractivity contribution in [1.29, 1.82) is 0 Å². The maximum absolute atomic E-state index is 12.0. The Kier molecular flexibility index (Phi) is 3.89. The van der Waals surface area contributed by atoms with Gasteiger partial charge in [-0.05, 0) is 52.3 Å². The van der Waals surface area contributed by atoms with Crippen LogP contribution in [0, 0.1) is 0 Å². The molecule has 0 aliphatic heterocycles. The van der Waals surface area contributed by atoms with Crippen molar-refractivity contribution in [2.24, 2.45) is 0 Å². The molecule has 92 valence electrons. The van der Waals surface area contributed by atoms with Crippen LogP contribution in [-0.2, 0) is 0 Å². The van der Waals surface area contributed by atoms with Gasteiger partial charge >= 0.3 is 0 Å². The number of carbonyl (C=O) groups is 1. The average Bonchev–Trinajstić information content (AvgIpc) is 2.35. The van der Waals surface area contributed by atoms with Crippen molar-refractivity contribution < 1.29 is 4.79 Å². The van der Waals surface area contributed by atoms with E-state index in [0.717, 1.165) is 0 Å². The van der Waals surface area contributed by atoms with E-state index < -0.39 is 0 Å². The molecule has 0 aliphatic rings. The lowest BCUT2D eigenvalue weighted by molar-refractivity contribution is 0.102. The zero-order valence-corrected chi connectivity index (χ0v) is 11.6. The van der Waals surface area contributed by atoms with Gasteiger partial charge in [0.15, 0.2) is 0 Å². The minimum absolute atomic E-state index is 0.258. The Labute approximate surface area is 118 Å². The summed E-state index contributed by atoms with van der Waals surface area (Å²) in [6, 6.07) is 12.1. The smallest absolute Gasteiger partial charge is 0.257 e. The highest BCUT2D eigenvalue weighted by Gasteiger charge is 2.12. The van der Waals surface area contributed by atoms with E-state index in [4.69, 9.17) is 17.3 Å². The molecular weight excluding hydrogens is 316 g/mol. The molecule has 3 N–H and O–H groups in total. The van der Waals surface area contributed by atoms with E-state index in [1.54, 1.807) is 42.5 Å². The molecule has 0 aliphatic carbocycles. The van der Waals surface area contributed by atoms with E-state index in [1.807, 2.05) is 0 Å². The van der Waals surface area contributed by atoms with Crippen LogP contribution in [0.4, 0.5) is 11.4 Å². The summed E-state index contributed by atoms with van der Waals surface area (Å²) in [5.41, 5.74) is 7.31. The molecule has 0 saturated heterocycles. The summed E-state index contributed by atoms with van der Waals surface area (Å²) in [4.78, 5) is 12.0. The molecule has 1 amide bonds. The first kappa shape index (κ1) is 12.9. The summed E-state index contributed by atoms with van der Waals surface area (Å²) < 4.78 is 0.689. The van der Waals surface area contributed by atoms with E-state index in [0.29, 0.717) is 26.4 Å². The number of benzene rings is 2. The number of rotatable bonds is 2. The molecule has 0 bridgehead atoms. The van der Waals surface area contributed by atoms with Crippen molar-refractivity contribution in [2.75, 3.05) is 11.1 Å². The largest absolute Gasteiger partial charge is 0.399 e.